The van der Waals surface area contributed by atoms with Gasteiger partial charge in [0.05, 0.1) is 17.1 Å². The fraction of sp³-hybridized carbons (Fsp3) is 0.333. The van der Waals surface area contributed by atoms with Crippen molar-refractivity contribution in [3.05, 3.63) is 41.4 Å². The van der Waals surface area contributed by atoms with Gasteiger partial charge in [0.25, 0.3) is 5.91 Å². The van der Waals surface area contributed by atoms with Gasteiger partial charge in [0, 0.05) is 33.1 Å². The Bertz CT molecular complexity index is 906. The number of hydrogen-bond donors (Lipinski definition) is 1. The number of nitrogens with zero attached hydrogens (tertiary/aromatic N) is 5. The molecule has 1 fully saturated rings. The van der Waals surface area contributed by atoms with Crippen LogP contribution in [0.3, 0.4) is 0 Å². The summed E-state index contributed by atoms with van der Waals surface area (Å²) in [5.74, 6) is 1.15. The maximum atomic E-state index is 12.7. The van der Waals surface area contributed by atoms with Gasteiger partial charge in [0.1, 0.15) is 6.10 Å². The first-order valence-corrected chi connectivity index (χ1v) is 9.54. The normalized spacial score (nSPS) is 16.5. The van der Waals surface area contributed by atoms with Crippen molar-refractivity contribution in [2.75, 3.05) is 32.1 Å². The highest BCUT2D eigenvalue weighted by molar-refractivity contribution is 7.13. The van der Waals surface area contributed by atoms with Gasteiger partial charge >= 0.3 is 0 Å². The van der Waals surface area contributed by atoms with Gasteiger partial charge in [-0.2, -0.15) is 5.10 Å². The number of H-pyrrole nitrogens is 1. The molecule has 1 aliphatic rings. The number of hydrogen-bond acceptors (Lipinski definition) is 7. The molecular formula is C18H20N6O2S. The first kappa shape index (κ1) is 17.5. The Labute approximate surface area is 160 Å². The lowest BCUT2D eigenvalue weighted by atomic mass is 10.3. The largest absolute Gasteiger partial charge is 0.471 e. The molecule has 1 atom stereocenters. The van der Waals surface area contributed by atoms with E-state index in [9.17, 15) is 4.79 Å². The van der Waals surface area contributed by atoms with E-state index in [0.29, 0.717) is 24.7 Å². The quantitative estimate of drug-likeness (QED) is 0.726. The zero-order valence-corrected chi connectivity index (χ0v) is 15.9. The van der Waals surface area contributed by atoms with E-state index in [1.807, 2.05) is 42.6 Å². The number of amides is 1. The van der Waals surface area contributed by atoms with Crippen LogP contribution in [0.5, 0.6) is 5.88 Å². The van der Waals surface area contributed by atoms with E-state index in [1.54, 1.807) is 28.4 Å². The molecule has 1 unspecified atom stereocenters. The van der Waals surface area contributed by atoms with Crippen LogP contribution in [0.2, 0.25) is 0 Å². The number of ether oxygens (including phenoxy) is 1. The summed E-state index contributed by atoms with van der Waals surface area (Å²) >= 11 is 1.61. The molecule has 0 aromatic carbocycles. The molecule has 3 aromatic heterocycles. The summed E-state index contributed by atoms with van der Waals surface area (Å²) in [4.78, 5) is 17.4. The third-order valence-electron chi connectivity index (χ3n) is 4.39. The Morgan fingerprint density at radius 1 is 1.33 bits per heavy atom. The highest BCUT2D eigenvalue weighted by Gasteiger charge is 2.30. The SMILES string of the molecule is CN(C)c1ccc(OC2CCN(C(=O)c3cc(-c4cccs4)[nH]n3)C2)nn1. The fourth-order valence-electron chi connectivity index (χ4n) is 2.95. The Kier molecular flexibility index (Phi) is 4.76. The van der Waals surface area contributed by atoms with Crippen molar-refractivity contribution < 1.29 is 9.53 Å². The predicted octanol–water partition coefficient (Wildman–Crippen LogP) is 2.29. The molecule has 0 radical (unpaired) electrons. The number of carbonyl (C=O) groups excluding carboxylic acids is 1. The maximum Gasteiger partial charge on any atom is 0.274 e. The molecule has 3 aromatic rings. The molecule has 1 aliphatic heterocycles. The van der Waals surface area contributed by atoms with E-state index in [2.05, 4.69) is 20.4 Å². The number of nitrogens with one attached hydrogen (secondary N) is 1. The van der Waals surface area contributed by atoms with Crippen molar-refractivity contribution in [3.8, 4) is 16.5 Å². The molecule has 0 saturated carbocycles. The van der Waals surface area contributed by atoms with Gasteiger partial charge in [0.2, 0.25) is 5.88 Å². The van der Waals surface area contributed by atoms with Crippen LogP contribution in [-0.4, -0.2) is 64.5 Å². The molecule has 0 bridgehead atoms. The Hall–Kier alpha value is -2.94. The fourth-order valence-corrected chi connectivity index (χ4v) is 3.64. The zero-order chi connectivity index (χ0) is 18.8. The van der Waals surface area contributed by atoms with Gasteiger partial charge in [-0.05, 0) is 23.6 Å². The van der Waals surface area contributed by atoms with Crippen LogP contribution in [-0.2, 0) is 0 Å². The molecule has 27 heavy (non-hydrogen) atoms. The average molecular weight is 384 g/mol. The standard InChI is InChI=1S/C18H20N6O2S/c1-23(2)16-5-6-17(22-21-16)26-12-7-8-24(11-12)18(25)14-10-13(19-20-14)15-4-3-9-27-15/h3-6,9-10,12H,7-8,11H2,1-2H3,(H,19,20). The van der Waals surface area contributed by atoms with Crippen LogP contribution >= 0.6 is 11.3 Å². The van der Waals surface area contributed by atoms with Gasteiger partial charge in [-0.25, -0.2) is 0 Å². The van der Waals surface area contributed by atoms with Crippen molar-refractivity contribution in [1.82, 2.24) is 25.3 Å². The first-order valence-electron chi connectivity index (χ1n) is 8.66. The summed E-state index contributed by atoms with van der Waals surface area (Å²) in [5.41, 5.74) is 1.28. The van der Waals surface area contributed by atoms with Gasteiger partial charge in [0.15, 0.2) is 11.5 Å². The number of aromatic nitrogens is 4. The summed E-state index contributed by atoms with van der Waals surface area (Å²) in [6.45, 7) is 1.14. The minimum absolute atomic E-state index is 0.0887. The summed E-state index contributed by atoms with van der Waals surface area (Å²) in [6, 6.07) is 9.42. The third-order valence-corrected chi connectivity index (χ3v) is 5.29. The number of anilines is 1. The van der Waals surface area contributed by atoms with E-state index in [0.717, 1.165) is 22.8 Å². The van der Waals surface area contributed by atoms with Crippen molar-refractivity contribution in [2.45, 2.75) is 12.5 Å². The topological polar surface area (TPSA) is 87.2 Å². The van der Waals surface area contributed by atoms with Crippen molar-refractivity contribution in [2.24, 2.45) is 0 Å². The molecule has 1 N–H and O–H groups in total. The minimum atomic E-state index is -0.0934. The van der Waals surface area contributed by atoms with Crippen molar-refractivity contribution in [1.29, 1.82) is 0 Å². The van der Waals surface area contributed by atoms with Crippen LogP contribution in [0.4, 0.5) is 5.82 Å². The van der Waals surface area contributed by atoms with Crippen LogP contribution in [0.15, 0.2) is 35.7 Å². The molecule has 4 heterocycles. The second kappa shape index (κ2) is 7.36. The van der Waals surface area contributed by atoms with Crippen LogP contribution < -0.4 is 9.64 Å². The monoisotopic (exact) mass is 384 g/mol. The summed E-state index contributed by atoms with van der Waals surface area (Å²) < 4.78 is 5.88. The average Bonchev–Trinajstić information content (AvgIpc) is 3.42. The van der Waals surface area contributed by atoms with Crippen LogP contribution in [0, 0.1) is 0 Å². The summed E-state index contributed by atoms with van der Waals surface area (Å²) in [5, 5.41) is 17.3. The first-order chi connectivity index (χ1) is 13.1. The molecule has 4 rings (SSSR count). The Balaban J connectivity index is 1.37. The highest BCUT2D eigenvalue weighted by Crippen LogP contribution is 2.24. The van der Waals surface area contributed by atoms with Gasteiger partial charge in [-0.1, -0.05) is 6.07 Å². The summed E-state index contributed by atoms with van der Waals surface area (Å²) in [6.07, 6.45) is 0.662. The Morgan fingerprint density at radius 3 is 2.93 bits per heavy atom. The Morgan fingerprint density at radius 2 is 2.22 bits per heavy atom. The lowest BCUT2D eigenvalue weighted by molar-refractivity contribution is 0.0765. The smallest absolute Gasteiger partial charge is 0.274 e. The van der Waals surface area contributed by atoms with E-state index in [4.69, 9.17) is 4.74 Å². The lowest BCUT2D eigenvalue weighted by Crippen LogP contribution is -2.31. The molecule has 0 aliphatic carbocycles. The zero-order valence-electron chi connectivity index (χ0n) is 15.1. The molecule has 8 nitrogen and oxygen atoms in total. The summed E-state index contributed by atoms with van der Waals surface area (Å²) in [7, 11) is 3.81. The molecule has 1 saturated heterocycles. The minimum Gasteiger partial charge on any atom is -0.471 e. The lowest BCUT2D eigenvalue weighted by Gasteiger charge is -2.16. The number of aromatic amines is 1. The molecule has 1 amide bonds. The number of carbonyl (C=O) groups is 1. The van der Waals surface area contributed by atoms with Gasteiger partial charge in [-0.3, -0.25) is 9.89 Å². The molecule has 0 spiro atoms. The number of thiophene rings is 1. The van der Waals surface area contributed by atoms with E-state index in [1.165, 1.54) is 0 Å². The molecule has 140 valence electrons. The molecule has 9 heteroatoms. The van der Waals surface area contributed by atoms with E-state index >= 15 is 0 Å². The third kappa shape index (κ3) is 3.77. The predicted molar refractivity (Wildman–Crippen MR) is 103 cm³/mol. The number of likely N-dealkylation sites (tertiary alicyclic amines) is 1. The van der Waals surface area contributed by atoms with E-state index in [-0.39, 0.29) is 12.0 Å². The van der Waals surface area contributed by atoms with Crippen LogP contribution in [0.25, 0.3) is 10.6 Å². The van der Waals surface area contributed by atoms with Gasteiger partial charge < -0.3 is 14.5 Å². The van der Waals surface area contributed by atoms with Crippen LogP contribution in [0.1, 0.15) is 16.9 Å². The maximum absolute atomic E-state index is 12.7. The van der Waals surface area contributed by atoms with Gasteiger partial charge in [-0.15, -0.1) is 21.5 Å². The highest BCUT2D eigenvalue weighted by atomic mass is 32.1. The van der Waals surface area contributed by atoms with Crippen molar-refractivity contribution >= 4 is 23.1 Å². The second-order valence-corrected chi connectivity index (χ2v) is 7.50. The molecular weight excluding hydrogens is 364 g/mol. The van der Waals surface area contributed by atoms with Crippen molar-refractivity contribution in [3.63, 3.8) is 0 Å². The van der Waals surface area contributed by atoms with E-state index < -0.39 is 0 Å². The second-order valence-electron chi connectivity index (χ2n) is 6.55. The number of rotatable bonds is 5.